The molecule has 8 N–H and O–H groups in total. The second-order valence-corrected chi connectivity index (χ2v) is 10.8. The zero-order valence-electron chi connectivity index (χ0n) is 29.9. The summed E-state index contributed by atoms with van der Waals surface area (Å²) in [6.07, 6.45) is 11.0. The molecule has 0 spiro atoms. The monoisotopic (exact) mass is 655 g/mol. The molecule has 0 aromatic heterocycles. The number of aliphatic hydroxyl groups excluding tert-OH is 1. The van der Waals surface area contributed by atoms with Crippen LogP contribution in [0.4, 0.5) is 0 Å². The molecule has 0 saturated carbocycles. The number of carboxylic acids is 1. The summed E-state index contributed by atoms with van der Waals surface area (Å²) in [5, 5.41) is 26.2. The van der Waals surface area contributed by atoms with Crippen molar-refractivity contribution < 1.29 is 34.2 Å². The minimum Gasteiger partial charge on any atom is -0.481 e. The van der Waals surface area contributed by atoms with Gasteiger partial charge < -0.3 is 37.2 Å². The lowest BCUT2D eigenvalue weighted by molar-refractivity contribution is -0.137. The van der Waals surface area contributed by atoms with E-state index in [1.807, 2.05) is 20.8 Å². The average molecular weight is 656 g/mol. The van der Waals surface area contributed by atoms with Crippen LogP contribution >= 0.6 is 0 Å². The normalized spacial score (nSPS) is 12.4. The number of aliphatic carboxylic acids is 1. The third kappa shape index (κ3) is 30.5. The van der Waals surface area contributed by atoms with Gasteiger partial charge in [-0.15, -0.1) is 0 Å². The summed E-state index contributed by atoms with van der Waals surface area (Å²) in [5.74, 6) is -1.56. The zero-order chi connectivity index (χ0) is 36.5. The summed E-state index contributed by atoms with van der Waals surface area (Å²) in [5.41, 5.74) is 6.10. The third-order valence-electron chi connectivity index (χ3n) is 5.94. The number of carboxylic acid groups (broad SMARTS) is 1. The zero-order valence-corrected chi connectivity index (χ0v) is 29.9. The van der Waals surface area contributed by atoms with Gasteiger partial charge in [0, 0.05) is 44.7 Å². The van der Waals surface area contributed by atoms with Gasteiger partial charge in [0.25, 0.3) is 5.91 Å². The quantitative estimate of drug-likeness (QED) is 0.0622. The van der Waals surface area contributed by atoms with Gasteiger partial charge in [-0.2, -0.15) is 0 Å². The maximum Gasteiger partial charge on any atom is 0.303 e. The minimum atomic E-state index is -0.800. The van der Waals surface area contributed by atoms with E-state index in [9.17, 15) is 24.0 Å². The number of nitrogens with one attached hydrogen (secondary N) is 4. The summed E-state index contributed by atoms with van der Waals surface area (Å²) >= 11 is 0. The van der Waals surface area contributed by atoms with E-state index in [2.05, 4.69) is 55.5 Å². The molecule has 46 heavy (non-hydrogen) atoms. The first-order chi connectivity index (χ1) is 21.8. The molecule has 0 radical (unpaired) electrons. The van der Waals surface area contributed by atoms with Crippen molar-refractivity contribution in [1.29, 1.82) is 0 Å². The molecule has 0 aromatic rings. The number of carbonyl (C=O) groups is 5. The lowest BCUT2D eigenvalue weighted by atomic mass is 9.97. The van der Waals surface area contributed by atoms with Crippen LogP contribution in [0.3, 0.4) is 0 Å². The highest BCUT2D eigenvalue weighted by atomic mass is 16.4. The predicted octanol–water partition coefficient (Wildman–Crippen LogP) is 3.60. The largest absolute Gasteiger partial charge is 0.481 e. The molecule has 3 unspecified atom stereocenters. The Morgan fingerprint density at radius 1 is 0.891 bits per heavy atom. The van der Waals surface area contributed by atoms with Crippen LogP contribution in [0.25, 0.3) is 0 Å². The van der Waals surface area contributed by atoms with Gasteiger partial charge in [0.1, 0.15) is 6.04 Å². The van der Waals surface area contributed by atoms with Crippen molar-refractivity contribution in [3.8, 4) is 0 Å². The predicted molar refractivity (Wildman–Crippen MR) is 187 cm³/mol. The van der Waals surface area contributed by atoms with Crippen molar-refractivity contribution in [2.75, 3.05) is 26.7 Å². The number of hydrogen-bond donors (Lipinski definition) is 7. The minimum absolute atomic E-state index is 0.00267. The molecule has 3 atom stereocenters. The number of allylic oxidation sites excluding steroid dienone is 3. The van der Waals surface area contributed by atoms with Crippen molar-refractivity contribution in [1.82, 2.24) is 21.3 Å². The Bertz CT molecular complexity index is 904. The standard InChI is InChI=1S/C22H38N4O3.C8H15NO3.C3H8.CH4O/c1-7-10-17(11-8-2)21(28)26-20(16(6)9-3)22(29)24-14-19(27)25-18(13-23)12-15(4)5;1-2-9-7(10)5-3-4-6-8(11)12;1-3-2;1-2/h7-8,10-11,15-16,18,20H,1,9,12-14,23H2,2-6H3,(H,24,29)(H,25,27)(H,26,28);2-6H2,1H3,(H,9,10)(H,11,12);3H2,1-2H3;2H,1H3/b11-8-,17-10+;;;. The fourth-order valence-corrected chi connectivity index (χ4v) is 3.63. The number of rotatable bonds is 19. The van der Waals surface area contributed by atoms with Gasteiger partial charge in [-0.1, -0.05) is 85.3 Å². The second kappa shape index (κ2) is 34.4. The van der Waals surface area contributed by atoms with Gasteiger partial charge in [-0.05, 0) is 44.9 Å². The van der Waals surface area contributed by atoms with Crippen LogP contribution in [0.5, 0.6) is 0 Å². The molecule has 12 heteroatoms. The average Bonchev–Trinajstić information content (AvgIpc) is 3.01. The summed E-state index contributed by atoms with van der Waals surface area (Å²) in [6.45, 7) is 20.2. The van der Waals surface area contributed by atoms with Crippen LogP contribution in [0.2, 0.25) is 0 Å². The van der Waals surface area contributed by atoms with Gasteiger partial charge in [0.2, 0.25) is 17.7 Å². The number of nitrogens with two attached hydrogens (primary N) is 1. The second-order valence-electron chi connectivity index (χ2n) is 10.8. The van der Waals surface area contributed by atoms with E-state index in [0.29, 0.717) is 50.3 Å². The van der Waals surface area contributed by atoms with Gasteiger partial charge in [-0.3, -0.25) is 24.0 Å². The fraction of sp³-hybridized carbons (Fsp3) is 0.676. The third-order valence-corrected chi connectivity index (χ3v) is 5.94. The van der Waals surface area contributed by atoms with Crippen molar-refractivity contribution in [3.05, 3.63) is 36.5 Å². The lowest BCUT2D eigenvalue weighted by Gasteiger charge is -2.24. The summed E-state index contributed by atoms with van der Waals surface area (Å²) < 4.78 is 0. The van der Waals surface area contributed by atoms with Crippen LogP contribution in [0.15, 0.2) is 36.5 Å². The molecule has 0 fully saturated rings. The molecule has 0 heterocycles. The first kappa shape index (κ1) is 49.4. The van der Waals surface area contributed by atoms with Gasteiger partial charge in [0.05, 0.1) is 6.54 Å². The first-order valence-corrected chi connectivity index (χ1v) is 16.2. The van der Waals surface area contributed by atoms with Crippen molar-refractivity contribution in [3.63, 3.8) is 0 Å². The van der Waals surface area contributed by atoms with E-state index >= 15 is 0 Å². The molecule has 0 aliphatic rings. The molecule has 0 bridgehead atoms. The number of amides is 4. The summed E-state index contributed by atoms with van der Waals surface area (Å²) in [6, 6.07) is -0.878. The van der Waals surface area contributed by atoms with E-state index in [0.717, 1.165) is 13.5 Å². The van der Waals surface area contributed by atoms with E-state index in [-0.39, 0.29) is 42.6 Å². The maximum atomic E-state index is 12.7. The SMILES string of the molecule is C=C/C=C(\C=C/C)C(=O)NC(C(=O)NCC(=O)NC(CN)CC(C)C)C(C)CC.CCC.CCNC(=O)CCCCC(=O)O.CO. The molecule has 12 nitrogen and oxygen atoms in total. The van der Waals surface area contributed by atoms with Gasteiger partial charge in [-0.25, -0.2) is 0 Å². The van der Waals surface area contributed by atoms with Crippen LogP contribution in [0.1, 0.15) is 100 Å². The van der Waals surface area contributed by atoms with Crippen LogP contribution < -0.4 is 27.0 Å². The Morgan fingerprint density at radius 3 is 1.89 bits per heavy atom. The molecular formula is C34H65N5O7. The Labute approximate surface area is 278 Å². The van der Waals surface area contributed by atoms with Crippen molar-refractivity contribution in [2.45, 2.75) is 112 Å². The Morgan fingerprint density at radius 2 is 1.46 bits per heavy atom. The van der Waals surface area contributed by atoms with Crippen LogP contribution in [-0.4, -0.2) is 78.6 Å². The Hall–Kier alpha value is -3.51. The molecule has 0 saturated heterocycles. The highest BCUT2D eigenvalue weighted by molar-refractivity contribution is 5.99. The van der Waals surface area contributed by atoms with Gasteiger partial charge >= 0.3 is 5.97 Å². The van der Waals surface area contributed by atoms with Crippen molar-refractivity contribution in [2.24, 2.45) is 17.6 Å². The molecule has 0 aliphatic heterocycles. The molecule has 0 aromatic carbocycles. The highest BCUT2D eigenvalue weighted by Gasteiger charge is 2.27. The molecule has 0 aliphatic carbocycles. The Kier molecular flexibility index (Phi) is 36.9. The van der Waals surface area contributed by atoms with Crippen LogP contribution in [-0.2, 0) is 24.0 Å². The van der Waals surface area contributed by atoms with E-state index < -0.39 is 17.9 Å². The van der Waals surface area contributed by atoms with Gasteiger partial charge in [0.15, 0.2) is 0 Å². The van der Waals surface area contributed by atoms with Crippen LogP contribution in [0, 0.1) is 11.8 Å². The van der Waals surface area contributed by atoms with E-state index in [4.69, 9.17) is 15.9 Å². The van der Waals surface area contributed by atoms with E-state index in [1.165, 1.54) is 12.5 Å². The van der Waals surface area contributed by atoms with E-state index in [1.54, 1.807) is 25.2 Å². The molecule has 4 amide bonds. The topological polar surface area (TPSA) is 200 Å². The lowest BCUT2D eigenvalue weighted by Crippen LogP contribution is -2.53. The number of unbranched alkanes of at least 4 members (excludes halogenated alkanes) is 1. The number of aliphatic hydroxyl groups is 1. The maximum absolute atomic E-state index is 12.7. The molecule has 268 valence electrons. The fourth-order valence-electron chi connectivity index (χ4n) is 3.63. The number of hydrogen-bond acceptors (Lipinski definition) is 7. The molecule has 0 rings (SSSR count). The smallest absolute Gasteiger partial charge is 0.303 e. The van der Waals surface area contributed by atoms with Crippen molar-refractivity contribution >= 4 is 29.6 Å². The molecular weight excluding hydrogens is 590 g/mol. The number of carbonyl (C=O) groups excluding carboxylic acids is 4. The first-order valence-electron chi connectivity index (χ1n) is 16.2. The highest BCUT2D eigenvalue weighted by Crippen LogP contribution is 2.10. The Balaban J connectivity index is -0.000000428. The summed E-state index contributed by atoms with van der Waals surface area (Å²) in [4.78, 5) is 58.3. The summed E-state index contributed by atoms with van der Waals surface area (Å²) in [7, 11) is 1.00.